The van der Waals surface area contributed by atoms with E-state index in [0.29, 0.717) is 40.7 Å². The van der Waals surface area contributed by atoms with Crippen LogP contribution < -0.4 is 21.5 Å². The largest absolute Gasteiger partial charge is 0.494 e. The molecule has 0 fully saturated rings. The van der Waals surface area contributed by atoms with Crippen LogP contribution in [-0.4, -0.2) is 48.8 Å². The second-order valence-electron chi connectivity index (χ2n) is 7.25. The van der Waals surface area contributed by atoms with E-state index in [1.807, 2.05) is 13.0 Å². The fourth-order valence-electron chi connectivity index (χ4n) is 3.38. The lowest BCUT2D eigenvalue weighted by Gasteiger charge is -2.28. The zero-order valence-electron chi connectivity index (χ0n) is 18.3. The molecule has 1 heterocycles. The Balaban J connectivity index is 1.86. The highest BCUT2D eigenvalue weighted by atomic mass is 35.5. The summed E-state index contributed by atoms with van der Waals surface area (Å²) in [5.41, 5.74) is 13.5. The first-order chi connectivity index (χ1) is 16.2. The molecule has 3 rings (SSSR count). The number of amides is 3. The van der Waals surface area contributed by atoms with E-state index < -0.39 is 11.9 Å². The quantitative estimate of drug-likeness (QED) is 0.519. The van der Waals surface area contributed by atoms with Crippen molar-refractivity contribution in [2.75, 3.05) is 31.6 Å². The van der Waals surface area contributed by atoms with E-state index >= 15 is 0 Å². The summed E-state index contributed by atoms with van der Waals surface area (Å²) >= 11 is 12.2. The average Bonchev–Trinajstić information content (AvgIpc) is 2.79. The maximum absolute atomic E-state index is 12.8. The summed E-state index contributed by atoms with van der Waals surface area (Å²) < 4.78 is 5.49. The number of nitrogens with two attached hydrogens (primary N) is 2. The molecule has 0 aromatic heterocycles. The van der Waals surface area contributed by atoms with Gasteiger partial charge in [-0.15, -0.1) is 0 Å². The van der Waals surface area contributed by atoms with Crippen molar-refractivity contribution in [3.05, 3.63) is 63.1 Å². The number of nitrogens with one attached hydrogen (secondary N) is 1. The van der Waals surface area contributed by atoms with E-state index in [-0.39, 0.29) is 35.1 Å². The zero-order chi connectivity index (χ0) is 24.8. The molecule has 34 heavy (non-hydrogen) atoms. The van der Waals surface area contributed by atoms with E-state index in [1.54, 1.807) is 24.3 Å². The van der Waals surface area contributed by atoms with Gasteiger partial charge in [0.25, 0.3) is 5.91 Å². The summed E-state index contributed by atoms with van der Waals surface area (Å²) in [4.78, 5) is 31.0. The van der Waals surface area contributed by atoms with E-state index in [4.69, 9.17) is 44.7 Å². The minimum absolute atomic E-state index is 0.00336. The van der Waals surface area contributed by atoms with Crippen molar-refractivity contribution in [1.29, 1.82) is 5.26 Å². The molecule has 0 saturated heterocycles. The number of anilines is 1. The van der Waals surface area contributed by atoms with Crippen LogP contribution in [0, 0.1) is 11.3 Å². The molecule has 11 heteroatoms. The van der Waals surface area contributed by atoms with E-state index in [0.717, 1.165) is 0 Å². The lowest BCUT2D eigenvalue weighted by Crippen LogP contribution is -2.45. The number of carbonyl (C=O) groups is 2. The van der Waals surface area contributed by atoms with Crippen LogP contribution in [0.5, 0.6) is 5.75 Å². The number of halogens is 2. The molecule has 0 spiro atoms. The predicted octanol–water partition coefficient (Wildman–Crippen LogP) is 3.41. The summed E-state index contributed by atoms with van der Waals surface area (Å²) in [6, 6.07) is 11.0. The van der Waals surface area contributed by atoms with Gasteiger partial charge in [-0.25, -0.2) is 4.79 Å². The first-order valence-corrected chi connectivity index (χ1v) is 11.0. The lowest BCUT2D eigenvalue weighted by molar-refractivity contribution is -0.114. The number of urea groups is 1. The third-order valence-electron chi connectivity index (χ3n) is 4.94. The Hall–Kier alpha value is -3.74. The van der Waals surface area contributed by atoms with E-state index in [1.165, 1.54) is 17.0 Å². The summed E-state index contributed by atoms with van der Waals surface area (Å²) in [7, 11) is 0. The van der Waals surface area contributed by atoms with Gasteiger partial charge in [0, 0.05) is 22.8 Å². The van der Waals surface area contributed by atoms with Crippen LogP contribution in [0.2, 0.25) is 10.0 Å². The van der Waals surface area contributed by atoms with Crippen LogP contribution in [-0.2, 0) is 4.79 Å². The lowest BCUT2D eigenvalue weighted by atomic mass is 10.0. The molecule has 5 N–H and O–H groups in total. The molecule has 0 atom stereocenters. The van der Waals surface area contributed by atoms with Crippen LogP contribution in [0.15, 0.2) is 47.0 Å². The van der Waals surface area contributed by atoms with Gasteiger partial charge in [0.15, 0.2) is 0 Å². The fraction of sp³-hybridized carbons (Fsp3) is 0.217. The van der Waals surface area contributed by atoms with Crippen molar-refractivity contribution in [3.8, 4) is 11.8 Å². The van der Waals surface area contributed by atoms with Gasteiger partial charge in [-0.1, -0.05) is 23.2 Å². The van der Waals surface area contributed by atoms with Gasteiger partial charge in [-0.05, 0) is 43.3 Å². The monoisotopic (exact) mass is 500 g/mol. The van der Waals surface area contributed by atoms with E-state index in [2.05, 4.69) is 10.3 Å². The fourth-order valence-corrected chi connectivity index (χ4v) is 3.82. The second kappa shape index (κ2) is 10.9. The van der Waals surface area contributed by atoms with Crippen molar-refractivity contribution in [2.45, 2.75) is 6.92 Å². The molecule has 2 aromatic rings. The Kier molecular flexibility index (Phi) is 7.99. The number of primary amides is 1. The SMILES string of the molecule is CCOc1cc(Cl)cc(C(N)=C(C(N)=O)C2=NCCN(C(=O)Nc3ccc(C#N)c(Cl)c3)C2)c1. The highest BCUT2D eigenvalue weighted by Gasteiger charge is 2.26. The average molecular weight is 501 g/mol. The second-order valence-corrected chi connectivity index (χ2v) is 8.09. The summed E-state index contributed by atoms with van der Waals surface area (Å²) in [5.74, 6) is -0.292. The maximum Gasteiger partial charge on any atom is 0.322 e. The number of rotatable bonds is 6. The minimum atomic E-state index is -0.782. The van der Waals surface area contributed by atoms with Crippen LogP contribution >= 0.6 is 23.2 Å². The Morgan fingerprint density at radius 3 is 2.65 bits per heavy atom. The number of nitriles is 1. The summed E-state index contributed by atoms with van der Waals surface area (Å²) in [6.07, 6.45) is 0. The van der Waals surface area contributed by atoms with Gasteiger partial charge in [0.2, 0.25) is 0 Å². The van der Waals surface area contributed by atoms with E-state index in [9.17, 15) is 9.59 Å². The molecule has 0 aliphatic carbocycles. The summed E-state index contributed by atoms with van der Waals surface area (Å²) in [5, 5.41) is 12.3. The van der Waals surface area contributed by atoms with Gasteiger partial charge in [0.05, 0.1) is 47.3 Å². The van der Waals surface area contributed by atoms with Crippen LogP contribution in [0.3, 0.4) is 0 Å². The Morgan fingerprint density at radius 2 is 2.00 bits per heavy atom. The minimum Gasteiger partial charge on any atom is -0.494 e. The number of hydrogen-bond donors (Lipinski definition) is 3. The smallest absolute Gasteiger partial charge is 0.322 e. The van der Waals surface area contributed by atoms with Crippen LogP contribution in [0.1, 0.15) is 18.1 Å². The van der Waals surface area contributed by atoms with Gasteiger partial charge in [0.1, 0.15) is 11.8 Å². The van der Waals surface area contributed by atoms with Crippen molar-refractivity contribution in [3.63, 3.8) is 0 Å². The molecule has 2 aromatic carbocycles. The molecular formula is C23H22Cl2N6O3. The van der Waals surface area contributed by atoms with Gasteiger partial charge in [-0.2, -0.15) is 5.26 Å². The first-order valence-electron chi connectivity index (χ1n) is 10.3. The number of benzene rings is 2. The molecule has 3 amide bonds. The van der Waals surface area contributed by atoms with Crippen LogP contribution in [0.4, 0.5) is 10.5 Å². The molecule has 0 saturated carbocycles. The van der Waals surface area contributed by atoms with Gasteiger partial charge < -0.3 is 26.4 Å². The number of carbonyl (C=O) groups excluding carboxylic acids is 2. The van der Waals surface area contributed by atoms with Crippen molar-refractivity contribution < 1.29 is 14.3 Å². The third-order valence-corrected chi connectivity index (χ3v) is 5.47. The molecule has 0 unspecified atom stereocenters. The maximum atomic E-state index is 12.8. The van der Waals surface area contributed by atoms with Crippen LogP contribution in [0.25, 0.3) is 5.70 Å². The van der Waals surface area contributed by atoms with Gasteiger partial charge in [-0.3, -0.25) is 9.79 Å². The number of aliphatic imine (C=N–C) groups is 1. The first kappa shape index (κ1) is 24.9. The number of ether oxygens (including phenoxy) is 1. The van der Waals surface area contributed by atoms with Crippen molar-refractivity contribution in [1.82, 2.24) is 4.90 Å². The number of nitrogens with zero attached hydrogens (tertiary/aromatic N) is 3. The zero-order valence-corrected chi connectivity index (χ0v) is 19.8. The molecule has 0 bridgehead atoms. The molecule has 0 radical (unpaired) electrons. The highest BCUT2D eigenvalue weighted by molar-refractivity contribution is 6.32. The predicted molar refractivity (Wildman–Crippen MR) is 132 cm³/mol. The molecule has 176 valence electrons. The summed E-state index contributed by atoms with van der Waals surface area (Å²) in [6.45, 7) is 2.83. The highest BCUT2D eigenvalue weighted by Crippen LogP contribution is 2.26. The standard InChI is InChI=1S/C23H22Cl2N6O3/c1-2-34-17-8-14(7-15(24)9-17)21(27)20(22(28)32)19-12-31(6-5-29-19)23(33)30-16-4-3-13(11-26)18(25)10-16/h3-4,7-10H,2,5-6,12,27H2,1H3,(H2,28,32)(H,30,33). The Labute approximate surface area is 206 Å². The molecular weight excluding hydrogens is 479 g/mol. The normalized spacial score (nSPS) is 13.9. The third kappa shape index (κ3) is 5.78. The Morgan fingerprint density at radius 1 is 1.24 bits per heavy atom. The topological polar surface area (TPSA) is 147 Å². The van der Waals surface area contributed by atoms with Crippen molar-refractivity contribution in [2.24, 2.45) is 16.5 Å². The molecule has 1 aliphatic heterocycles. The number of hydrogen-bond acceptors (Lipinski definition) is 6. The Bertz CT molecular complexity index is 1240. The molecule has 9 nitrogen and oxygen atoms in total. The molecule has 1 aliphatic rings. The van der Waals surface area contributed by atoms with Crippen molar-refractivity contribution >= 4 is 52.2 Å². The van der Waals surface area contributed by atoms with Gasteiger partial charge >= 0.3 is 6.03 Å².